The largest absolute Gasteiger partial charge is 0.0985 e. The fraction of sp³-hybridized carbons (Fsp3) is 0.0667. The van der Waals surface area contributed by atoms with Crippen molar-refractivity contribution in [2.24, 2.45) is 0 Å². The molecule has 1 spiro atoms. The van der Waals surface area contributed by atoms with E-state index in [0.717, 1.165) is 16.0 Å². The van der Waals surface area contributed by atoms with Gasteiger partial charge in [-0.2, -0.15) is 0 Å². The number of hydrogen-bond donors (Lipinski definition) is 0. The SMILES string of the molecule is C=C(C)Sc1ccccc1C.C=CC(=C)c1cccc(-c2cccc3c2C2(c4ccccc4-c4ccccc42)c2ccccc2-3)c1. The first-order chi connectivity index (χ1) is 22.4. The topological polar surface area (TPSA) is 0 Å². The van der Waals surface area contributed by atoms with Gasteiger partial charge in [0, 0.05) is 4.90 Å². The van der Waals surface area contributed by atoms with Gasteiger partial charge in [-0.3, -0.25) is 0 Å². The number of aryl methyl sites for hydroxylation is 1. The van der Waals surface area contributed by atoms with E-state index in [1.165, 1.54) is 66.1 Å². The van der Waals surface area contributed by atoms with Crippen molar-refractivity contribution in [3.63, 3.8) is 0 Å². The van der Waals surface area contributed by atoms with Gasteiger partial charge in [-0.25, -0.2) is 0 Å². The molecule has 222 valence electrons. The van der Waals surface area contributed by atoms with Crippen LogP contribution in [0.1, 0.15) is 40.3 Å². The minimum atomic E-state index is -0.346. The normalized spacial score (nSPS) is 12.7. The molecule has 6 aromatic carbocycles. The fourth-order valence-electron chi connectivity index (χ4n) is 7.26. The van der Waals surface area contributed by atoms with Crippen LogP contribution in [0.15, 0.2) is 175 Å². The Labute approximate surface area is 277 Å². The van der Waals surface area contributed by atoms with Crippen molar-refractivity contribution in [1.82, 2.24) is 0 Å². The molecule has 0 fully saturated rings. The fourth-order valence-corrected chi connectivity index (χ4v) is 8.01. The highest BCUT2D eigenvalue weighted by Gasteiger charge is 2.52. The van der Waals surface area contributed by atoms with E-state index in [9.17, 15) is 0 Å². The Kier molecular flexibility index (Phi) is 7.72. The number of allylic oxidation sites excluding steroid dienone is 3. The molecular weight excluding hydrogens is 573 g/mol. The first-order valence-electron chi connectivity index (χ1n) is 15.7. The van der Waals surface area contributed by atoms with Crippen LogP contribution in [-0.4, -0.2) is 0 Å². The molecule has 0 N–H and O–H groups in total. The van der Waals surface area contributed by atoms with Crippen LogP contribution in [0.5, 0.6) is 0 Å². The van der Waals surface area contributed by atoms with Crippen molar-refractivity contribution in [1.29, 1.82) is 0 Å². The summed E-state index contributed by atoms with van der Waals surface area (Å²) in [4.78, 5) is 2.44. The molecule has 6 aromatic rings. The minimum absolute atomic E-state index is 0.346. The summed E-state index contributed by atoms with van der Waals surface area (Å²) in [5, 5.41) is 0. The quantitative estimate of drug-likeness (QED) is 0.138. The van der Waals surface area contributed by atoms with Gasteiger partial charge in [-0.05, 0) is 103 Å². The van der Waals surface area contributed by atoms with E-state index in [-0.39, 0.29) is 5.41 Å². The zero-order chi connectivity index (χ0) is 31.8. The number of hydrogen-bond acceptors (Lipinski definition) is 1. The van der Waals surface area contributed by atoms with Crippen LogP contribution in [0.3, 0.4) is 0 Å². The highest BCUT2D eigenvalue weighted by molar-refractivity contribution is 8.03. The molecule has 8 rings (SSSR count). The molecule has 0 unspecified atom stereocenters. The average molecular weight is 609 g/mol. The maximum atomic E-state index is 4.20. The molecule has 0 saturated carbocycles. The van der Waals surface area contributed by atoms with Crippen molar-refractivity contribution in [2.75, 3.05) is 0 Å². The lowest BCUT2D eigenvalue weighted by Crippen LogP contribution is -2.26. The summed E-state index contributed by atoms with van der Waals surface area (Å²) in [7, 11) is 0. The lowest BCUT2D eigenvalue weighted by molar-refractivity contribution is 0.796. The lowest BCUT2D eigenvalue weighted by atomic mass is 9.68. The second-order valence-corrected chi connectivity index (χ2v) is 13.3. The van der Waals surface area contributed by atoms with E-state index in [1.54, 1.807) is 11.8 Å². The van der Waals surface area contributed by atoms with E-state index in [4.69, 9.17) is 0 Å². The van der Waals surface area contributed by atoms with Gasteiger partial charge < -0.3 is 0 Å². The predicted molar refractivity (Wildman–Crippen MR) is 199 cm³/mol. The summed E-state index contributed by atoms with van der Waals surface area (Å²) in [5.41, 5.74) is 16.3. The van der Waals surface area contributed by atoms with E-state index >= 15 is 0 Å². The Bertz CT molecular complexity index is 2100. The van der Waals surface area contributed by atoms with Crippen molar-refractivity contribution in [3.8, 4) is 33.4 Å². The number of fused-ring (bicyclic) bond motifs is 10. The first kappa shape index (κ1) is 29.6. The van der Waals surface area contributed by atoms with E-state index in [0.29, 0.717) is 0 Å². The van der Waals surface area contributed by atoms with Gasteiger partial charge in [0.25, 0.3) is 0 Å². The van der Waals surface area contributed by atoms with Gasteiger partial charge in [0.05, 0.1) is 5.41 Å². The molecule has 0 atom stereocenters. The first-order valence-corrected chi connectivity index (χ1v) is 16.5. The van der Waals surface area contributed by atoms with Crippen LogP contribution >= 0.6 is 11.8 Å². The monoisotopic (exact) mass is 608 g/mol. The summed E-state index contributed by atoms with van der Waals surface area (Å²) in [5.74, 6) is 0. The van der Waals surface area contributed by atoms with Crippen LogP contribution in [-0.2, 0) is 5.41 Å². The number of thioether (sulfide) groups is 1. The third-order valence-corrected chi connectivity index (χ3v) is 10.2. The lowest BCUT2D eigenvalue weighted by Gasteiger charge is -2.32. The Balaban J connectivity index is 0.000000263. The highest BCUT2D eigenvalue weighted by Crippen LogP contribution is 2.64. The standard InChI is InChI=1S/C35H24.C10H12S/c1-3-23(2)24-12-10-13-25(22-24)26-17-11-18-30-29-16-6-9-21-33(29)35(34(26)30)31-19-7-4-14-27(31)28-15-5-8-20-32(28)35;1-8(2)11-10-7-5-4-6-9(10)3/h3-22H,1-2H2;4-7H,1H2,2-3H3. The molecule has 0 aliphatic heterocycles. The number of rotatable bonds is 5. The zero-order valence-electron chi connectivity index (χ0n) is 26.4. The third kappa shape index (κ3) is 4.71. The molecule has 46 heavy (non-hydrogen) atoms. The average Bonchev–Trinajstić information content (AvgIpc) is 3.57. The third-order valence-electron chi connectivity index (χ3n) is 9.18. The molecule has 2 aliphatic rings. The molecule has 0 nitrogen and oxygen atoms in total. The van der Waals surface area contributed by atoms with Gasteiger partial charge >= 0.3 is 0 Å². The molecule has 0 saturated heterocycles. The van der Waals surface area contributed by atoms with Crippen LogP contribution in [0.2, 0.25) is 0 Å². The molecule has 0 amide bonds. The van der Waals surface area contributed by atoms with Gasteiger partial charge in [0.15, 0.2) is 0 Å². The Morgan fingerprint density at radius 3 is 1.67 bits per heavy atom. The molecule has 0 heterocycles. The minimum Gasteiger partial charge on any atom is -0.0985 e. The highest BCUT2D eigenvalue weighted by atomic mass is 32.2. The van der Waals surface area contributed by atoms with Gasteiger partial charge in [0.1, 0.15) is 0 Å². The summed E-state index contributed by atoms with van der Waals surface area (Å²) < 4.78 is 0. The molecular formula is C45H36S. The van der Waals surface area contributed by atoms with Crippen molar-refractivity contribution < 1.29 is 0 Å². The van der Waals surface area contributed by atoms with E-state index in [2.05, 4.69) is 166 Å². The predicted octanol–water partition coefficient (Wildman–Crippen LogP) is 12.5. The van der Waals surface area contributed by atoms with Gasteiger partial charge in [0.2, 0.25) is 0 Å². The molecule has 0 aromatic heterocycles. The van der Waals surface area contributed by atoms with Crippen molar-refractivity contribution in [2.45, 2.75) is 24.2 Å². The van der Waals surface area contributed by atoms with E-state index in [1.807, 2.05) is 13.0 Å². The maximum absolute atomic E-state index is 4.20. The van der Waals surface area contributed by atoms with Crippen LogP contribution in [0.4, 0.5) is 0 Å². The summed E-state index contributed by atoms with van der Waals surface area (Å²) in [6, 6.07) is 50.7. The van der Waals surface area contributed by atoms with E-state index < -0.39 is 0 Å². The Morgan fingerprint density at radius 2 is 1.09 bits per heavy atom. The van der Waals surface area contributed by atoms with Gasteiger partial charge in [-0.15, -0.1) is 0 Å². The van der Waals surface area contributed by atoms with Gasteiger partial charge in [-0.1, -0.05) is 165 Å². The Morgan fingerprint density at radius 1 is 0.587 bits per heavy atom. The molecule has 0 bridgehead atoms. The molecule has 1 heteroatoms. The zero-order valence-corrected chi connectivity index (χ0v) is 27.2. The summed E-state index contributed by atoms with van der Waals surface area (Å²) in [6.45, 7) is 16.1. The summed E-state index contributed by atoms with van der Waals surface area (Å²) in [6.07, 6.45) is 1.83. The van der Waals surface area contributed by atoms with Crippen LogP contribution in [0.25, 0.3) is 39.0 Å². The van der Waals surface area contributed by atoms with Crippen molar-refractivity contribution in [3.05, 3.63) is 204 Å². The molecule has 0 radical (unpaired) electrons. The van der Waals surface area contributed by atoms with Crippen LogP contribution < -0.4 is 0 Å². The second kappa shape index (κ2) is 12.0. The Hall–Kier alpha value is -5.11. The smallest absolute Gasteiger partial charge is 0.0731 e. The van der Waals surface area contributed by atoms with Crippen molar-refractivity contribution >= 4 is 17.3 Å². The maximum Gasteiger partial charge on any atom is 0.0731 e. The second-order valence-electron chi connectivity index (χ2n) is 12.0. The molecule has 2 aliphatic carbocycles. The number of benzene rings is 6. The van der Waals surface area contributed by atoms with Crippen LogP contribution in [0, 0.1) is 6.92 Å². The summed E-state index contributed by atoms with van der Waals surface area (Å²) >= 11 is 1.73.